The van der Waals surface area contributed by atoms with Gasteiger partial charge in [-0.2, -0.15) is 0 Å². The Bertz CT molecular complexity index is 1440. The third-order valence-corrected chi connectivity index (χ3v) is 6.03. The molecule has 0 unspecified atom stereocenters. The van der Waals surface area contributed by atoms with Crippen LogP contribution in [-0.2, 0) is 4.79 Å². The van der Waals surface area contributed by atoms with Crippen LogP contribution in [0.1, 0.15) is 31.0 Å². The number of carbonyl (C=O) groups excluding carboxylic acids is 1. The van der Waals surface area contributed by atoms with Gasteiger partial charge in [0.2, 0.25) is 0 Å². The molecule has 0 saturated carbocycles. The molecule has 166 valence electrons. The largest absolute Gasteiger partial charge is 0.322 e. The molecule has 7 nitrogen and oxygen atoms in total. The standard InChI is InChI=1S/C25H21N3O4S/c1-16(2)27-22-12-11-19(15-23(22)33-25(27)30)26-24(29)21(18-8-4-3-5-9-18)14-17-7-6-10-20(13-17)28(31)32/h3-16H,1-2H3,(H,26,29)/b21-14+. The van der Waals surface area contributed by atoms with Crippen molar-refractivity contribution in [1.82, 2.24) is 4.57 Å². The molecule has 0 fully saturated rings. The highest BCUT2D eigenvalue weighted by Gasteiger charge is 2.16. The molecule has 1 aromatic heterocycles. The molecule has 0 radical (unpaired) electrons. The van der Waals surface area contributed by atoms with Gasteiger partial charge in [-0.1, -0.05) is 53.8 Å². The number of rotatable bonds is 6. The number of nitrogens with one attached hydrogen (secondary N) is 1. The van der Waals surface area contributed by atoms with E-state index < -0.39 is 4.92 Å². The minimum Gasteiger partial charge on any atom is -0.322 e. The first kappa shape index (κ1) is 22.2. The van der Waals surface area contributed by atoms with Crippen molar-refractivity contribution in [1.29, 1.82) is 0 Å². The lowest BCUT2D eigenvalue weighted by Crippen LogP contribution is -2.15. The molecule has 0 spiro atoms. The number of anilines is 1. The van der Waals surface area contributed by atoms with Crippen molar-refractivity contribution in [2.75, 3.05) is 5.32 Å². The molecule has 0 aliphatic rings. The van der Waals surface area contributed by atoms with Crippen molar-refractivity contribution in [3.05, 3.63) is 104 Å². The summed E-state index contributed by atoms with van der Waals surface area (Å²) in [6, 6.07) is 20.6. The zero-order valence-corrected chi connectivity index (χ0v) is 18.8. The number of fused-ring (bicyclic) bond motifs is 1. The maximum Gasteiger partial charge on any atom is 0.308 e. The van der Waals surface area contributed by atoms with Crippen LogP contribution in [0.15, 0.2) is 77.6 Å². The van der Waals surface area contributed by atoms with Gasteiger partial charge in [-0.15, -0.1) is 0 Å². The second kappa shape index (κ2) is 9.22. The van der Waals surface area contributed by atoms with E-state index in [9.17, 15) is 19.7 Å². The molecule has 0 aliphatic heterocycles. The van der Waals surface area contributed by atoms with Crippen LogP contribution < -0.4 is 10.2 Å². The van der Waals surface area contributed by atoms with Gasteiger partial charge in [0.15, 0.2) is 0 Å². The summed E-state index contributed by atoms with van der Waals surface area (Å²) in [7, 11) is 0. The summed E-state index contributed by atoms with van der Waals surface area (Å²) in [5.41, 5.74) is 2.92. The van der Waals surface area contributed by atoms with E-state index in [1.54, 1.807) is 47.0 Å². The molecule has 1 heterocycles. The van der Waals surface area contributed by atoms with Crippen molar-refractivity contribution in [3.8, 4) is 0 Å². The second-order valence-corrected chi connectivity index (χ2v) is 8.74. The van der Waals surface area contributed by atoms with E-state index in [1.807, 2.05) is 38.1 Å². The molecule has 33 heavy (non-hydrogen) atoms. The Morgan fingerprint density at radius 1 is 1.06 bits per heavy atom. The maximum atomic E-state index is 13.3. The molecule has 0 bridgehead atoms. The van der Waals surface area contributed by atoms with Crippen molar-refractivity contribution in [2.24, 2.45) is 0 Å². The lowest BCUT2D eigenvalue weighted by Gasteiger charge is -2.11. The number of hydrogen-bond acceptors (Lipinski definition) is 5. The fraction of sp³-hybridized carbons (Fsp3) is 0.120. The number of nitro groups is 1. The van der Waals surface area contributed by atoms with Crippen LogP contribution in [0.5, 0.6) is 0 Å². The van der Waals surface area contributed by atoms with Gasteiger partial charge < -0.3 is 5.32 Å². The van der Waals surface area contributed by atoms with Crippen LogP contribution in [-0.4, -0.2) is 15.4 Å². The average molecular weight is 460 g/mol. The zero-order chi connectivity index (χ0) is 23.5. The quantitative estimate of drug-likeness (QED) is 0.172. The number of aromatic nitrogens is 1. The van der Waals surface area contributed by atoms with Crippen LogP contribution in [0, 0.1) is 10.1 Å². The number of benzene rings is 3. The fourth-order valence-corrected chi connectivity index (χ4v) is 4.65. The summed E-state index contributed by atoms with van der Waals surface area (Å²) in [6.45, 7) is 3.90. The number of nitrogens with zero attached hydrogens (tertiary/aromatic N) is 2. The molecular formula is C25H21N3O4S. The van der Waals surface area contributed by atoms with E-state index in [4.69, 9.17) is 0 Å². The Labute approximate surface area is 193 Å². The number of carbonyl (C=O) groups is 1. The smallest absolute Gasteiger partial charge is 0.308 e. The third-order valence-electron chi connectivity index (χ3n) is 5.11. The highest BCUT2D eigenvalue weighted by Crippen LogP contribution is 2.26. The van der Waals surface area contributed by atoms with Crippen LogP contribution in [0.3, 0.4) is 0 Å². The van der Waals surface area contributed by atoms with E-state index in [-0.39, 0.29) is 22.5 Å². The number of thiazole rings is 1. The summed E-state index contributed by atoms with van der Waals surface area (Å²) < 4.78 is 2.51. The first-order valence-electron chi connectivity index (χ1n) is 10.3. The summed E-state index contributed by atoms with van der Waals surface area (Å²) in [5, 5.41) is 14.0. The van der Waals surface area contributed by atoms with Crippen LogP contribution >= 0.6 is 11.3 Å². The second-order valence-electron chi connectivity index (χ2n) is 7.74. The molecule has 0 saturated heterocycles. The highest BCUT2D eigenvalue weighted by molar-refractivity contribution is 7.16. The van der Waals surface area contributed by atoms with Gasteiger partial charge in [0.25, 0.3) is 11.6 Å². The topological polar surface area (TPSA) is 94.2 Å². The SMILES string of the molecule is CC(C)n1c(=O)sc2cc(NC(=O)/C(=C/c3cccc([N+](=O)[O-])c3)c3ccccc3)ccc21. The van der Waals surface area contributed by atoms with Gasteiger partial charge >= 0.3 is 4.87 Å². The predicted molar refractivity (Wildman–Crippen MR) is 133 cm³/mol. The Kier molecular flexibility index (Phi) is 6.19. The molecule has 0 atom stereocenters. The van der Waals surface area contributed by atoms with E-state index in [2.05, 4.69) is 5.32 Å². The number of hydrogen-bond donors (Lipinski definition) is 1. The molecule has 1 amide bonds. The van der Waals surface area contributed by atoms with Gasteiger partial charge in [0.1, 0.15) is 0 Å². The molecular weight excluding hydrogens is 438 g/mol. The summed E-state index contributed by atoms with van der Waals surface area (Å²) >= 11 is 1.14. The Hall–Kier alpha value is -4.04. The zero-order valence-electron chi connectivity index (χ0n) is 18.0. The van der Waals surface area contributed by atoms with Gasteiger partial charge in [-0.25, -0.2) is 0 Å². The Morgan fingerprint density at radius 3 is 2.52 bits per heavy atom. The first-order valence-corrected chi connectivity index (χ1v) is 11.1. The van der Waals surface area contributed by atoms with Crippen LogP contribution in [0.2, 0.25) is 0 Å². The molecule has 0 aliphatic carbocycles. The van der Waals surface area contributed by atoms with E-state index in [0.717, 1.165) is 21.6 Å². The molecule has 4 rings (SSSR count). The van der Waals surface area contributed by atoms with Crippen LogP contribution in [0.25, 0.3) is 21.9 Å². The minimum atomic E-state index is -0.469. The lowest BCUT2D eigenvalue weighted by atomic mass is 10.0. The predicted octanol–water partition coefficient (Wildman–Crippen LogP) is 5.73. The Balaban J connectivity index is 1.71. The average Bonchev–Trinajstić information content (AvgIpc) is 3.13. The monoisotopic (exact) mass is 459 g/mol. The Morgan fingerprint density at radius 2 is 1.82 bits per heavy atom. The lowest BCUT2D eigenvalue weighted by molar-refractivity contribution is -0.384. The van der Waals surface area contributed by atoms with Gasteiger partial charge in [-0.3, -0.25) is 24.3 Å². The third kappa shape index (κ3) is 4.75. The van der Waals surface area contributed by atoms with Gasteiger partial charge in [0.05, 0.1) is 15.1 Å². The fourth-order valence-electron chi connectivity index (χ4n) is 3.59. The number of non-ortho nitro benzene ring substituents is 1. The molecule has 1 N–H and O–H groups in total. The van der Waals surface area contributed by atoms with Gasteiger partial charge in [-0.05, 0) is 49.2 Å². The van der Waals surface area contributed by atoms with E-state index in [1.165, 1.54) is 12.1 Å². The number of nitro benzene ring substituents is 1. The van der Waals surface area contributed by atoms with Crippen molar-refractivity contribution in [2.45, 2.75) is 19.9 Å². The number of amides is 1. The van der Waals surface area contributed by atoms with E-state index in [0.29, 0.717) is 22.4 Å². The molecule has 4 aromatic rings. The first-order chi connectivity index (χ1) is 15.8. The van der Waals surface area contributed by atoms with Crippen molar-refractivity contribution < 1.29 is 9.72 Å². The normalized spacial score (nSPS) is 11.7. The summed E-state index contributed by atoms with van der Waals surface area (Å²) in [4.78, 5) is 36.2. The van der Waals surface area contributed by atoms with Crippen molar-refractivity contribution in [3.63, 3.8) is 0 Å². The summed E-state index contributed by atoms with van der Waals surface area (Å²) in [6.07, 6.45) is 1.63. The minimum absolute atomic E-state index is 0.0363. The maximum absolute atomic E-state index is 13.3. The van der Waals surface area contributed by atoms with Crippen LogP contribution in [0.4, 0.5) is 11.4 Å². The van der Waals surface area contributed by atoms with E-state index >= 15 is 0 Å². The molecule has 8 heteroatoms. The van der Waals surface area contributed by atoms with Gasteiger partial charge in [0, 0.05) is 29.4 Å². The van der Waals surface area contributed by atoms with Crippen molar-refractivity contribution >= 4 is 50.5 Å². The summed E-state index contributed by atoms with van der Waals surface area (Å²) in [5.74, 6) is -0.359. The molecule has 3 aromatic carbocycles. The highest BCUT2D eigenvalue weighted by atomic mass is 32.1.